The second-order valence-electron chi connectivity index (χ2n) is 14.1. The van der Waals surface area contributed by atoms with E-state index in [0.717, 1.165) is 78.0 Å². The van der Waals surface area contributed by atoms with Crippen molar-refractivity contribution in [1.82, 2.24) is 24.5 Å². The Bertz CT molecular complexity index is 3090. The van der Waals surface area contributed by atoms with Crippen molar-refractivity contribution in [3.8, 4) is 79.6 Å². The summed E-state index contributed by atoms with van der Waals surface area (Å²) in [6.07, 6.45) is 0. The van der Waals surface area contributed by atoms with E-state index in [4.69, 9.17) is 26.5 Å². The van der Waals surface area contributed by atoms with E-state index in [1.165, 1.54) is 0 Å². The summed E-state index contributed by atoms with van der Waals surface area (Å²) in [5, 5.41) is 11.7. The Morgan fingerprint density at radius 2 is 0.915 bits per heavy atom. The second-order valence-corrected chi connectivity index (χ2v) is 14.1. The molecule has 0 atom stereocenters. The van der Waals surface area contributed by atoms with Crippen LogP contribution in [0.15, 0.2) is 188 Å². The normalized spacial score (nSPS) is 11.0. The zero-order valence-electron chi connectivity index (χ0n) is 31.5. The number of fused-ring (bicyclic) bond motifs is 3. The largest absolute Gasteiger partial charge is 0.309 e. The van der Waals surface area contributed by atoms with Gasteiger partial charge in [0.1, 0.15) is 0 Å². The van der Waals surface area contributed by atoms with E-state index < -0.39 is 0 Å². The highest BCUT2D eigenvalue weighted by molar-refractivity contribution is 6.11. The average Bonchev–Trinajstić information content (AvgIpc) is 3.64. The molecule has 0 amide bonds. The summed E-state index contributed by atoms with van der Waals surface area (Å²) in [6, 6.07) is 64.5. The Balaban J connectivity index is 1.28. The van der Waals surface area contributed by atoms with E-state index in [1.807, 2.05) is 133 Å². The number of hydrogen-bond donors (Lipinski definition) is 0. The lowest BCUT2D eigenvalue weighted by atomic mass is 10.0. The molecule has 10 aromatic rings. The number of nitriles is 1. The van der Waals surface area contributed by atoms with Crippen LogP contribution in [0, 0.1) is 17.9 Å². The van der Waals surface area contributed by atoms with Crippen molar-refractivity contribution in [3.63, 3.8) is 0 Å². The van der Waals surface area contributed by atoms with Crippen molar-refractivity contribution in [3.05, 3.63) is 205 Å². The van der Waals surface area contributed by atoms with E-state index in [2.05, 4.69) is 70.1 Å². The number of aromatic nitrogens is 5. The summed E-state index contributed by atoms with van der Waals surface area (Å²) in [5.41, 5.74) is 12.3. The maximum atomic E-state index is 9.92. The summed E-state index contributed by atoms with van der Waals surface area (Å²) in [4.78, 5) is 24.5. The molecule has 3 heterocycles. The standard InChI is InChI=1S/C52H31N7/c1-54-40-24-27-49-42(30-40)41-28-34(33-53)22-25-48(41)59(49)50-26-23-39(52-56-44(35-14-6-2-7-15-35)31-45(57-52)36-16-8-3-9-17-36)29-43(50)47-32-46(37-18-10-4-11-19-37)55-51(58-47)38-20-12-5-13-21-38/h2-32H. The summed E-state index contributed by atoms with van der Waals surface area (Å²) in [5.74, 6) is 1.16. The third-order valence-corrected chi connectivity index (χ3v) is 10.5. The van der Waals surface area contributed by atoms with Gasteiger partial charge in [0.2, 0.25) is 0 Å². The molecule has 10 rings (SSSR count). The fraction of sp³-hybridized carbons (Fsp3) is 0. The lowest BCUT2D eigenvalue weighted by molar-refractivity contribution is 1.14. The molecule has 0 unspecified atom stereocenters. The van der Waals surface area contributed by atoms with Crippen LogP contribution in [0.3, 0.4) is 0 Å². The molecule has 7 heteroatoms. The van der Waals surface area contributed by atoms with Gasteiger partial charge in [-0.3, -0.25) is 0 Å². The predicted octanol–water partition coefficient (Wildman–Crippen LogP) is 12.8. The van der Waals surface area contributed by atoms with Gasteiger partial charge in [-0.05, 0) is 66.0 Å². The monoisotopic (exact) mass is 753 g/mol. The quantitative estimate of drug-likeness (QED) is 0.151. The number of rotatable bonds is 7. The molecular weight excluding hydrogens is 723 g/mol. The van der Waals surface area contributed by atoms with Crippen LogP contribution in [-0.2, 0) is 0 Å². The molecule has 0 aliphatic rings. The molecule has 0 saturated carbocycles. The molecule has 59 heavy (non-hydrogen) atoms. The van der Waals surface area contributed by atoms with Crippen molar-refractivity contribution in [2.24, 2.45) is 0 Å². The van der Waals surface area contributed by atoms with Gasteiger partial charge in [0, 0.05) is 38.8 Å². The van der Waals surface area contributed by atoms with Crippen LogP contribution in [0.1, 0.15) is 5.56 Å². The first-order valence-corrected chi connectivity index (χ1v) is 19.1. The van der Waals surface area contributed by atoms with Gasteiger partial charge >= 0.3 is 0 Å². The van der Waals surface area contributed by atoms with E-state index >= 15 is 0 Å². The molecule has 7 aromatic carbocycles. The maximum Gasteiger partial charge on any atom is 0.188 e. The smallest absolute Gasteiger partial charge is 0.188 e. The minimum Gasteiger partial charge on any atom is -0.309 e. The Morgan fingerprint density at radius 1 is 0.441 bits per heavy atom. The zero-order chi connectivity index (χ0) is 39.7. The molecule has 7 nitrogen and oxygen atoms in total. The molecule has 0 N–H and O–H groups in total. The second kappa shape index (κ2) is 14.9. The highest BCUT2D eigenvalue weighted by Gasteiger charge is 2.21. The van der Waals surface area contributed by atoms with E-state index in [-0.39, 0.29) is 0 Å². The highest BCUT2D eigenvalue weighted by Crippen LogP contribution is 2.40. The molecule has 0 aliphatic heterocycles. The third kappa shape index (κ3) is 6.55. The minimum absolute atomic E-state index is 0.523. The molecule has 0 saturated heterocycles. The topological polar surface area (TPSA) is 84.6 Å². The van der Waals surface area contributed by atoms with Crippen molar-refractivity contribution >= 4 is 27.5 Å². The predicted molar refractivity (Wildman–Crippen MR) is 236 cm³/mol. The Kier molecular flexibility index (Phi) is 8.80. The first kappa shape index (κ1) is 34.9. The van der Waals surface area contributed by atoms with Crippen molar-refractivity contribution in [2.45, 2.75) is 0 Å². The van der Waals surface area contributed by atoms with Gasteiger partial charge in [-0.15, -0.1) is 0 Å². The zero-order valence-corrected chi connectivity index (χ0v) is 31.5. The third-order valence-electron chi connectivity index (χ3n) is 10.5. The van der Waals surface area contributed by atoms with Gasteiger partial charge in [0.15, 0.2) is 17.3 Å². The SMILES string of the molecule is [C-]#[N+]c1ccc2c(c1)c1cc(C#N)ccc1n2-c1ccc(-c2nc(-c3ccccc3)cc(-c3ccccc3)n2)cc1-c1cc(-c2ccccc2)nc(-c2ccccc2)n1. The molecule has 0 spiro atoms. The number of hydrogen-bond acceptors (Lipinski definition) is 5. The average molecular weight is 754 g/mol. The van der Waals surface area contributed by atoms with Crippen LogP contribution in [0.5, 0.6) is 0 Å². The van der Waals surface area contributed by atoms with Crippen LogP contribution in [-0.4, -0.2) is 24.5 Å². The van der Waals surface area contributed by atoms with E-state index in [9.17, 15) is 5.26 Å². The fourth-order valence-electron chi connectivity index (χ4n) is 7.63. The maximum absolute atomic E-state index is 9.92. The van der Waals surface area contributed by atoms with Gasteiger partial charge < -0.3 is 4.57 Å². The highest BCUT2D eigenvalue weighted by atomic mass is 15.0. The first-order chi connectivity index (χ1) is 29.1. The lowest BCUT2D eigenvalue weighted by Crippen LogP contribution is -2.02. The summed E-state index contributed by atoms with van der Waals surface area (Å²) < 4.78 is 2.20. The van der Waals surface area contributed by atoms with E-state index in [0.29, 0.717) is 28.6 Å². The van der Waals surface area contributed by atoms with Crippen molar-refractivity contribution in [1.29, 1.82) is 5.26 Å². The van der Waals surface area contributed by atoms with Crippen LogP contribution in [0.25, 0.3) is 100 Å². The molecular formula is C52H31N7. The molecule has 0 radical (unpaired) electrons. The van der Waals surface area contributed by atoms with Gasteiger partial charge in [-0.1, -0.05) is 127 Å². The molecule has 274 valence electrons. The van der Waals surface area contributed by atoms with Gasteiger partial charge in [0.05, 0.1) is 57.7 Å². The number of nitrogens with zero attached hydrogens (tertiary/aromatic N) is 7. The molecule has 0 bridgehead atoms. The van der Waals surface area contributed by atoms with Crippen LogP contribution in [0.4, 0.5) is 5.69 Å². The first-order valence-electron chi connectivity index (χ1n) is 19.1. The lowest BCUT2D eigenvalue weighted by Gasteiger charge is -2.17. The van der Waals surface area contributed by atoms with Gasteiger partial charge in [-0.2, -0.15) is 5.26 Å². The van der Waals surface area contributed by atoms with Crippen LogP contribution >= 0.6 is 0 Å². The van der Waals surface area contributed by atoms with Crippen molar-refractivity contribution in [2.75, 3.05) is 0 Å². The van der Waals surface area contributed by atoms with Gasteiger partial charge in [0.25, 0.3) is 0 Å². The fourth-order valence-corrected chi connectivity index (χ4v) is 7.63. The van der Waals surface area contributed by atoms with E-state index in [1.54, 1.807) is 0 Å². The summed E-state index contributed by atoms with van der Waals surface area (Å²) >= 11 is 0. The molecule has 0 fully saturated rings. The summed E-state index contributed by atoms with van der Waals surface area (Å²) in [6.45, 7) is 7.79. The van der Waals surface area contributed by atoms with Gasteiger partial charge in [-0.25, -0.2) is 24.8 Å². The van der Waals surface area contributed by atoms with Crippen molar-refractivity contribution < 1.29 is 0 Å². The Hall–Kier alpha value is -8.52. The number of benzene rings is 7. The molecule has 0 aliphatic carbocycles. The Labute approximate surface area is 340 Å². The summed E-state index contributed by atoms with van der Waals surface area (Å²) in [7, 11) is 0. The minimum atomic E-state index is 0.523. The Morgan fingerprint density at radius 3 is 1.46 bits per heavy atom. The van der Waals surface area contributed by atoms with Crippen LogP contribution in [0.2, 0.25) is 0 Å². The van der Waals surface area contributed by atoms with Crippen LogP contribution < -0.4 is 0 Å². The molecule has 3 aromatic heterocycles.